The number of nitrogens with zero attached hydrogens (tertiary/aromatic N) is 4. The Balaban J connectivity index is 1.91. The standard InChI is InChI=1S/C14H5ClF6N4O/c15-8-3-7(14(19,20)21)5-23-10(8)12-24-11(25-26-12)9-2-1-6(4-22-9)13(16,17)18/h1-5H. The molecule has 136 valence electrons. The first-order valence-corrected chi connectivity index (χ1v) is 7.04. The lowest BCUT2D eigenvalue weighted by Crippen LogP contribution is -2.06. The van der Waals surface area contributed by atoms with Crippen molar-refractivity contribution >= 4 is 11.6 Å². The molecule has 3 aromatic rings. The predicted molar refractivity (Wildman–Crippen MR) is 75.8 cm³/mol. The SMILES string of the molecule is FC(F)(F)c1ccc(-c2noc(-c3ncc(C(F)(F)F)cc3Cl)n2)nc1. The summed E-state index contributed by atoms with van der Waals surface area (Å²) in [5.41, 5.74) is -2.26. The molecule has 12 heteroatoms. The first-order valence-electron chi connectivity index (χ1n) is 6.66. The van der Waals surface area contributed by atoms with Crippen LogP contribution in [0.2, 0.25) is 5.02 Å². The maximum absolute atomic E-state index is 12.6. The average molecular weight is 395 g/mol. The maximum atomic E-state index is 12.6. The highest BCUT2D eigenvalue weighted by Gasteiger charge is 2.32. The Hall–Kier alpha value is -2.69. The van der Waals surface area contributed by atoms with Crippen molar-refractivity contribution < 1.29 is 30.9 Å². The highest BCUT2D eigenvalue weighted by molar-refractivity contribution is 6.32. The van der Waals surface area contributed by atoms with Crippen molar-refractivity contribution in [3.63, 3.8) is 0 Å². The van der Waals surface area contributed by atoms with Crippen LogP contribution >= 0.6 is 11.6 Å². The average Bonchev–Trinajstić information content (AvgIpc) is 3.03. The number of alkyl halides is 6. The summed E-state index contributed by atoms with van der Waals surface area (Å²) in [5, 5.41) is 3.14. The van der Waals surface area contributed by atoms with Gasteiger partial charge in [-0.25, -0.2) is 4.98 Å². The van der Waals surface area contributed by atoms with E-state index in [1.807, 2.05) is 0 Å². The number of aromatic nitrogens is 4. The fourth-order valence-corrected chi connectivity index (χ4v) is 2.12. The fourth-order valence-electron chi connectivity index (χ4n) is 1.87. The topological polar surface area (TPSA) is 64.7 Å². The van der Waals surface area contributed by atoms with Crippen LogP contribution in [0.25, 0.3) is 23.1 Å². The highest BCUT2D eigenvalue weighted by Crippen LogP contribution is 2.34. The van der Waals surface area contributed by atoms with Crippen molar-refractivity contribution in [2.75, 3.05) is 0 Å². The second kappa shape index (κ2) is 6.24. The van der Waals surface area contributed by atoms with Gasteiger partial charge in [0.15, 0.2) is 0 Å². The Morgan fingerprint density at radius 2 is 1.54 bits per heavy atom. The molecule has 0 aliphatic carbocycles. The summed E-state index contributed by atoms with van der Waals surface area (Å²) in [5.74, 6) is -0.480. The Labute approximate surface area is 145 Å². The van der Waals surface area contributed by atoms with E-state index < -0.39 is 23.5 Å². The molecular weight excluding hydrogens is 390 g/mol. The Morgan fingerprint density at radius 3 is 2.08 bits per heavy atom. The molecule has 0 amide bonds. The van der Waals surface area contributed by atoms with E-state index in [-0.39, 0.29) is 28.1 Å². The highest BCUT2D eigenvalue weighted by atomic mass is 35.5. The van der Waals surface area contributed by atoms with Gasteiger partial charge in [0.1, 0.15) is 11.4 Å². The molecule has 0 aromatic carbocycles. The molecule has 0 saturated carbocycles. The summed E-state index contributed by atoms with van der Waals surface area (Å²) in [4.78, 5) is 11.0. The lowest BCUT2D eigenvalue weighted by molar-refractivity contribution is -0.138. The van der Waals surface area contributed by atoms with Crippen molar-refractivity contribution in [3.8, 4) is 23.1 Å². The van der Waals surface area contributed by atoms with E-state index in [0.717, 1.165) is 12.1 Å². The quantitative estimate of drug-likeness (QED) is 0.579. The van der Waals surface area contributed by atoms with E-state index in [1.54, 1.807) is 0 Å². The van der Waals surface area contributed by atoms with Crippen LogP contribution in [-0.2, 0) is 12.4 Å². The van der Waals surface area contributed by atoms with Crippen LogP contribution in [0, 0.1) is 0 Å². The smallest absolute Gasteiger partial charge is 0.332 e. The second-order valence-corrected chi connectivity index (χ2v) is 5.31. The molecule has 0 radical (unpaired) electrons. The number of hydrogen-bond acceptors (Lipinski definition) is 5. The molecule has 0 atom stereocenters. The molecule has 0 N–H and O–H groups in total. The molecule has 0 fully saturated rings. The van der Waals surface area contributed by atoms with Gasteiger partial charge in [0.05, 0.1) is 16.1 Å². The van der Waals surface area contributed by atoms with Gasteiger partial charge in [-0.05, 0) is 18.2 Å². The largest absolute Gasteiger partial charge is 0.417 e. The van der Waals surface area contributed by atoms with Crippen LogP contribution in [0.5, 0.6) is 0 Å². The van der Waals surface area contributed by atoms with Crippen LogP contribution in [0.1, 0.15) is 11.1 Å². The Morgan fingerprint density at radius 1 is 0.885 bits per heavy atom. The molecule has 26 heavy (non-hydrogen) atoms. The fraction of sp³-hybridized carbons (Fsp3) is 0.143. The van der Waals surface area contributed by atoms with Gasteiger partial charge in [-0.2, -0.15) is 31.3 Å². The van der Waals surface area contributed by atoms with Gasteiger partial charge in [0, 0.05) is 12.4 Å². The molecule has 3 heterocycles. The van der Waals surface area contributed by atoms with Gasteiger partial charge in [-0.15, -0.1) is 0 Å². The van der Waals surface area contributed by atoms with Gasteiger partial charge in [-0.3, -0.25) is 4.98 Å². The zero-order valence-corrected chi connectivity index (χ0v) is 13.0. The minimum atomic E-state index is -4.63. The third kappa shape index (κ3) is 3.62. The first kappa shape index (κ1) is 18.1. The van der Waals surface area contributed by atoms with Crippen LogP contribution in [0.15, 0.2) is 35.1 Å². The van der Waals surface area contributed by atoms with E-state index >= 15 is 0 Å². The molecule has 0 aliphatic rings. The molecular formula is C14H5ClF6N4O. The summed E-state index contributed by atoms with van der Waals surface area (Å²) in [6.45, 7) is 0. The van der Waals surface area contributed by atoms with Crippen molar-refractivity contribution in [2.24, 2.45) is 0 Å². The zero-order chi connectivity index (χ0) is 19.1. The molecule has 3 rings (SSSR count). The number of halogens is 7. The first-order chi connectivity index (χ1) is 12.1. The Bertz CT molecular complexity index is 936. The third-order valence-corrected chi connectivity index (χ3v) is 3.41. The van der Waals surface area contributed by atoms with E-state index in [2.05, 4.69) is 20.1 Å². The van der Waals surface area contributed by atoms with Gasteiger partial charge in [0.2, 0.25) is 5.82 Å². The number of rotatable bonds is 2. The summed E-state index contributed by atoms with van der Waals surface area (Å²) in [6, 6.07) is 2.45. The third-order valence-electron chi connectivity index (χ3n) is 3.12. The van der Waals surface area contributed by atoms with Crippen LogP contribution < -0.4 is 0 Å². The van der Waals surface area contributed by atoms with Crippen molar-refractivity contribution in [1.82, 2.24) is 20.1 Å². The summed E-state index contributed by atoms with van der Waals surface area (Å²) < 4.78 is 80.2. The Kier molecular flexibility index (Phi) is 4.34. The lowest BCUT2D eigenvalue weighted by Gasteiger charge is -2.07. The van der Waals surface area contributed by atoms with E-state index in [0.29, 0.717) is 18.5 Å². The summed E-state index contributed by atoms with van der Waals surface area (Å²) >= 11 is 5.77. The monoisotopic (exact) mass is 394 g/mol. The summed E-state index contributed by atoms with van der Waals surface area (Å²) in [7, 11) is 0. The number of hydrogen-bond donors (Lipinski definition) is 0. The van der Waals surface area contributed by atoms with Gasteiger partial charge < -0.3 is 4.52 Å². The second-order valence-electron chi connectivity index (χ2n) is 4.91. The number of pyridine rings is 2. The maximum Gasteiger partial charge on any atom is 0.417 e. The molecule has 3 aromatic heterocycles. The van der Waals surface area contributed by atoms with E-state index in [1.165, 1.54) is 0 Å². The molecule has 0 saturated heterocycles. The predicted octanol–water partition coefficient (Wildman–Crippen LogP) is 4.88. The lowest BCUT2D eigenvalue weighted by atomic mass is 10.2. The van der Waals surface area contributed by atoms with Gasteiger partial charge in [0.25, 0.3) is 5.89 Å². The molecule has 0 unspecified atom stereocenters. The molecule has 0 spiro atoms. The van der Waals surface area contributed by atoms with Crippen LogP contribution in [-0.4, -0.2) is 20.1 Å². The van der Waals surface area contributed by atoms with Crippen molar-refractivity contribution in [1.29, 1.82) is 0 Å². The van der Waals surface area contributed by atoms with Gasteiger partial charge in [-0.1, -0.05) is 16.8 Å². The molecule has 5 nitrogen and oxygen atoms in total. The van der Waals surface area contributed by atoms with Crippen molar-refractivity contribution in [3.05, 3.63) is 46.7 Å². The van der Waals surface area contributed by atoms with Crippen molar-refractivity contribution in [2.45, 2.75) is 12.4 Å². The van der Waals surface area contributed by atoms with Crippen LogP contribution in [0.3, 0.4) is 0 Å². The molecule has 0 bridgehead atoms. The van der Waals surface area contributed by atoms with E-state index in [9.17, 15) is 26.3 Å². The van der Waals surface area contributed by atoms with Crippen LogP contribution in [0.4, 0.5) is 26.3 Å². The zero-order valence-electron chi connectivity index (χ0n) is 12.2. The summed E-state index contributed by atoms with van der Waals surface area (Å²) in [6.07, 6.45) is -8.04. The minimum Gasteiger partial charge on any atom is -0.332 e. The normalized spacial score (nSPS) is 12.4. The molecule has 0 aliphatic heterocycles. The van der Waals surface area contributed by atoms with E-state index in [4.69, 9.17) is 16.1 Å². The van der Waals surface area contributed by atoms with Gasteiger partial charge >= 0.3 is 12.4 Å². The minimum absolute atomic E-state index is 0.0314.